The smallest absolute Gasteiger partial charge is 0.222 e. The van der Waals surface area contributed by atoms with Crippen LogP contribution in [0.2, 0.25) is 10.0 Å². The number of rotatable bonds is 9. The first-order chi connectivity index (χ1) is 12.1. The molecule has 7 heteroatoms. The molecule has 1 saturated heterocycles. The summed E-state index contributed by atoms with van der Waals surface area (Å²) in [7, 11) is 0. The van der Waals surface area contributed by atoms with Crippen LogP contribution in [0.1, 0.15) is 32.1 Å². The van der Waals surface area contributed by atoms with Crippen LogP contribution in [0.5, 0.6) is 5.75 Å². The second-order valence-electron chi connectivity index (χ2n) is 6.10. The molecule has 2 N–H and O–H groups in total. The lowest BCUT2D eigenvalue weighted by Crippen LogP contribution is -2.41. The van der Waals surface area contributed by atoms with Crippen LogP contribution in [-0.2, 0) is 9.53 Å². The van der Waals surface area contributed by atoms with E-state index in [0.29, 0.717) is 48.4 Å². The van der Waals surface area contributed by atoms with Crippen LogP contribution in [0.4, 0.5) is 0 Å². The van der Waals surface area contributed by atoms with E-state index in [4.69, 9.17) is 38.4 Å². The minimum atomic E-state index is 0.168. The zero-order chi connectivity index (χ0) is 18.1. The van der Waals surface area contributed by atoms with Gasteiger partial charge in [0.2, 0.25) is 5.91 Å². The SMILES string of the molecule is NCCCOC1CCN(C(=O)CCCOc2cccc(Cl)c2Cl)CC1. The molecule has 0 saturated carbocycles. The fourth-order valence-corrected chi connectivity index (χ4v) is 3.11. The Morgan fingerprint density at radius 2 is 1.96 bits per heavy atom. The molecule has 140 valence electrons. The summed E-state index contributed by atoms with van der Waals surface area (Å²) in [5.41, 5.74) is 5.46. The predicted molar refractivity (Wildman–Crippen MR) is 100 cm³/mol. The van der Waals surface area contributed by atoms with Gasteiger partial charge < -0.3 is 20.1 Å². The third-order valence-corrected chi connectivity index (χ3v) is 5.01. The number of halogens is 2. The highest BCUT2D eigenvalue weighted by atomic mass is 35.5. The minimum absolute atomic E-state index is 0.168. The van der Waals surface area contributed by atoms with Crippen LogP contribution in [0.15, 0.2) is 18.2 Å². The van der Waals surface area contributed by atoms with Crippen LogP contribution in [0.25, 0.3) is 0 Å². The molecule has 1 aromatic carbocycles. The van der Waals surface area contributed by atoms with E-state index in [1.165, 1.54) is 0 Å². The van der Waals surface area contributed by atoms with Crippen molar-refractivity contribution in [1.82, 2.24) is 4.90 Å². The average Bonchev–Trinajstić information content (AvgIpc) is 2.62. The number of hydrogen-bond acceptors (Lipinski definition) is 4. The first kappa shape index (κ1) is 20.3. The van der Waals surface area contributed by atoms with Crippen molar-refractivity contribution in [3.8, 4) is 5.75 Å². The Balaban J connectivity index is 1.62. The lowest BCUT2D eigenvalue weighted by atomic mass is 10.1. The van der Waals surface area contributed by atoms with Crippen molar-refractivity contribution in [2.45, 2.75) is 38.2 Å². The summed E-state index contributed by atoms with van der Waals surface area (Å²) in [6.07, 6.45) is 4.04. The molecule has 1 aliphatic heterocycles. The van der Waals surface area contributed by atoms with Crippen LogP contribution >= 0.6 is 23.2 Å². The molecule has 25 heavy (non-hydrogen) atoms. The molecular weight excluding hydrogens is 363 g/mol. The Bertz CT molecular complexity index is 549. The van der Waals surface area contributed by atoms with E-state index >= 15 is 0 Å². The molecule has 0 aliphatic carbocycles. The number of carbonyl (C=O) groups excluding carboxylic acids is 1. The number of amides is 1. The van der Waals surface area contributed by atoms with Crippen LogP contribution in [-0.4, -0.2) is 49.8 Å². The van der Waals surface area contributed by atoms with E-state index in [1.807, 2.05) is 4.90 Å². The standard InChI is InChI=1S/C18H26Cl2N2O3/c19-15-4-1-5-16(18(15)20)25-12-2-6-17(23)22-10-7-14(8-11-22)24-13-3-9-21/h1,4-5,14H,2-3,6-13,21H2. The van der Waals surface area contributed by atoms with E-state index in [0.717, 1.165) is 32.4 Å². The summed E-state index contributed by atoms with van der Waals surface area (Å²) in [5, 5.41) is 0.874. The summed E-state index contributed by atoms with van der Waals surface area (Å²) in [6.45, 7) is 3.31. The first-order valence-electron chi connectivity index (χ1n) is 8.78. The van der Waals surface area contributed by atoms with Gasteiger partial charge in [0.25, 0.3) is 0 Å². The van der Waals surface area contributed by atoms with Crippen molar-refractivity contribution in [1.29, 1.82) is 0 Å². The lowest BCUT2D eigenvalue weighted by molar-refractivity contribution is -0.134. The summed E-state index contributed by atoms with van der Waals surface area (Å²) in [5.74, 6) is 0.721. The van der Waals surface area contributed by atoms with E-state index in [1.54, 1.807) is 18.2 Å². The van der Waals surface area contributed by atoms with E-state index in [-0.39, 0.29) is 12.0 Å². The van der Waals surface area contributed by atoms with Gasteiger partial charge in [-0.3, -0.25) is 4.79 Å². The number of likely N-dealkylation sites (tertiary alicyclic amines) is 1. The molecule has 1 heterocycles. The maximum Gasteiger partial charge on any atom is 0.222 e. The maximum absolute atomic E-state index is 12.3. The summed E-state index contributed by atoms with van der Waals surface area (Å²) < 4.78 is 11.4. The molecule has 1 aliphatic rings. The molecule has 0 radical (unpaired) electrons. The molecule has 1 amide bonds. The normalized spacial score (nSPS) is 15.4. The lowest BCUT2D eigenvalue weighted by Gasteiger charge is -2.32. The van der Waals surface area contributed by atoms with Crippen molar-refractivity contribution in [3.05, 3.63) is 28.2 Å². The molecule has 2 rings (SSSR count). The Morgan fingerprint density at radius 1 is 1.20 bits per heavy atom. The number of hydrogen-bond donors (Lipinski definition) is 1. The van der Waals surface area contributed by atoms with Crippen molar-refractivity contribution < 1.29 is 14.3 Å². The van der Waals surface area contributed by atoms with Gasteiger partial charge in [-0.1, -0.05) is 29.3 Å². The zero-order valence-corrected chi connectivity index (χ0v) is 15.9. The van der Waals surface area contributed by atoms with Crippen LogP contribution in [0.3, 0.4) is 0 Å². The molecule has 0 bridgehead atoms. The number of carbonyl (C=O) groups is 1. The van der Waals surface area contributed by atoms with Gasteiger partial charge in [-0.25, -0.2) is 0 Å². The molecule has 0 aromatic heterocycles. The van der Waals surface area contributed by atoms with Gasteiger partial charge in [0.1, 0.15) is 10.8 Å². The maximum atomic E-state index is 12.3. The van der Waals surface area contributed by atoms with Gasteiger partial charge in [0.15, 0.2) is 0 Å². The highest BCUT2D eigenvalue weighted by Gasteiger charge is 2.22. The first-order valence-corrected chi connectivity index (χ1v) is 9.53. The molecule has 0 unspecified atom stereocenters. The number of ether oxygens (including phenoxy) is 2. The monoisotopic (exact) mass is 388 g/mol. The van der Waals surface area contributed by atoms with Crippen molar-refractivity contribution in [3.63, 3.8) is 0 Å². The third-order valence-electron chi connectivity index (χ3n) is 4.21. The van der Waals surface area contributed by atoms with Gasteiger partial charge in [-0.2, -0.15) is 0 Å². The van der Waals surface area contributed by atoms with Gasteiger partial charge in [0, 0.05) is 26.1 Å². The fraction of sp³-hybridized carbons (Fsp3) is 0.611. The van der Waals surface area contributed by atoms with Crippen molar-refractivity contribution in [2.75, 3.05) is 32.8 Å². The van der Waals surface area contributed by atoms with E-state index in [2.05, 4.69) is 0 Å². The van der Waals surface area contributed by atoms with Gasteiger partial charge in [-0.05, 0) is 44.4 Å². The Labute approximate surface area is 159 Å². The van der Waals surface area contributed by atoms with Crippen molar-refractivity contribution >= 4 is 29.1 Å². The van der Waals surface area contributed by atoms with Crippen LogP contribution in [0, 0.1) is 0 Å². The van der Waals surface area contributed by atoms with Gasteiger partial charge in [0.05, 0.1) is 17.7 Å². The second kappa shape index (κ2) is 10.9. The average molecular weight is 389 g/mol. The van der Waals surface area contributed by atoms with Gasteiger partial charge in [-0.15, -0.1) is 0 Å². The zero-order valence-electron chi connectivity index (χ0n) is 14.4. The largest absolute Gasteiger partial charge is 0.492 e. The predicted octanol–water partition coefficient (Wildman–Crippen LogP) is 3.51. The summed E-state index contributed by atoms with van der Waals surface area (Å²) >= 11 is 12.0. The quantitative estimate of drug-likeness (QED) is 0.657. The van der Waals surface area contributed by atoms with Crippen molar-refractivity contribution in [2.24, 2.45) is 5.73 Å². The highest BCUT2D eigenvalue weighted by molar-refractivity contribution is 6.42. The molecule has 0 atom stereocenters. The van der Waals surface area contributed by atoms with E-state index in [9.17, 15) is 4.79 Å². The summed E-state index contributed by atoms with van der Waals surface area (Å²) in [4.78, 5) is 14.2. The van der Waals surface area contributed by atoms with Crippen LogP contribution < -0.4 is 10.5 Å². The number of nitrogens with two attached hydrogens (primary N) is 1. The fourth-order valence-electron chi connectivity index (χ4n) is 2.76. The molecule has 0 spiro atoms. The topological polar surface area (TPSA) is 64.8 Å². The molecule has 1 fully saturated rings. The van der Waals surface area contributed by atoms with Gasteiger partial charge >= 0.3 is 0 Å². The molecule has 1 aromatic rings. The molecular formula is C18H26Cl2N2O3. The second-order valence-corrected chi connectivity index (χ2v) is 6.88. The Hall–Kier alpha value is -1.01. The number of piperidine rings is 1. The highest BCUT2D eigenvalue weighted by Crippen LogP contribution is 2.31. The minimum Gasteiger partial charge on any atom is -0.492 e. The Morgan fingerprint density at radius 3 is 2.68 bits per heavy atom. The number of nitrogens with zero attached hydrogens (tertiary/aromatic N) is 1. The molecule has 5 nitrogen and oxygen atoms in total. The Kier molecular flexibility index (Phi) is 8.82. The summed E-state index contributed by atoms with van der Waals surface area (Å²) in [6, 6.07) is 5.27. The number of benzene rings is 1. The van der Waals surface area contributed by atoms with E-state index < -0.39 is 0 Å². The third kappa shape index (κ3) is 6.66.